The Morgan fingerprint density at radius 1 is 1.16 bits per heavy atom. The number of hydrogen-bond donors (Lipinski definition) is 1. The summed E-state index contributed by atoms with van der Waals surface area (Å²) in [6.45, 7) is 0.0789. The Labute approximate surface area is 141 Å². The summed E-state index contributed by atoms with van der Waals surface area (Å²) in [6, 6.07) is 12.3. The van der Waals surface area contributed by atoms with E-state index >= 15 is 0 Å². The molecule has 0 spiro atoms. The quantitative estimate of drug-likeness (QED) is 0.558. The van der Waals surface area contributed by atoms with E-state index in [0.29, 0.717) is 16.6 Å². The third-order valence-corrected chi connectivity index (χ3v) is 3.54. The van der Waals surface area contributed by atoms with Crippen LogP contribution in [0.4, 0.5) is 11.4 Å². The van der Waals surface area contributed by atoms with Gasteiger partial charge in [0.15, 0.2) is 0 Å². The van der Waals surface area contributed by atoms with Crippen LogP contribution in [0.15, 0.2) is 53.3 Å². The summed E-state index contributed by atoms with van der Waals surface area (Å²) in [7, 11) is 0. The lowest BCUT2D eigenvalue weighted by Crippen LogP contribution is -2.26. The maximum Gasteiger partial charge on any atom is 0.277 e. The largest absolute Gasteiger partial charge is 0.326 e. The van der Waals surface area contributed by atoms with Crippen molar-refractivity contribution < 1.29 is 9.72 Å². The number of carbonyl (C=O) groups is 1. The third-order valence-electron chi connectivity index (χ3n) is 3.54. The minimum Gasteiger partial charge on any atom is -0.326 e. The van der Waals surface area contributed by atoms with Crippen molar-refractivity contribution in [2.24, 2.45) is 0 Å². The first-order chi connectivity index (χ1) is 12.0. The zero-order chi connectivity index (χ0) is 17.8. The number of nitro benzene ring substituents is 1. The molecule has 1 heterocycles. The van der Waals surface area contributed by atoms with E-state index in [4.69, 9.17) is 0 Å². The number of carbonyl (C=O) groups excluding carboxylic acids is 1. The maximum absolute atomic E-state index is 12.3. The minimum atomic E-state index is -0.517. The van der Waals surface area contributed by atoms with Gasteiger partial charge in [-0.05, 0) is 24.3 Å². The van der Waals surface area contributed by atoms with E-state index in [1.165, 1.54) is 24.3 Å². The van der Waals surface area contributed by atoms with Gasteiger partial charge in [0.05, 0.1) is 16.9 Å². The molecule has 126 valence electrons. The Morgan fingerprint density at radius 3 is 2.60 bits per heavy atom. The number of nitro groups is 1. The molecule has 9 heteroatoms. The van der Waals surface area contributed by atoms with Gasteiger partial charge in [0.1, 0.15) is 5.52 Å². The SMILES string of the molecule is O=C(CCn1nnc2ccccc2c1=O)Nc1ccc([N+](=O)[O-])cc1. The molecule has 0 unspecified atom stereocenters. The molecule has 2 aromatic carbocycles. The van der Waals surface area contributed by atoms with Gasteiger partial charge in [0.25, 0.3) is 11.2 Å². The summed E-state index contributed by atoms with van der Waals surface area (Å²) in [4.78, 5) is 34.3. The van der Waals surface area contributed by atoms with E-state index < -0.39 is 4.92 Å². The van der Waals surface area contributed by atoms with Crippen LogP contribution in [0.25, 0.3) is 10.9 Å². The highest BCUT2D eigenvalue weighted by atomic mass is 16.6. The van der Waals surface area contributed by atoms with Crippen molar-refractivity contribution in [2.45, 2.75) is 13.0 Å². The van der Waals surface area contributed by atoms with Gasteiger partial charge in [-0.25, -0.2) is 4.68 Å². The average Bonchev–Trinajstić information content (AvgIpc) is 2.62. The first-order valence-corrected chi connectivity index (χ1v) is 7.41. The van der Waals surface area contributed by atoms with Gasteiger partial charge >= 0.3 is 0 Å². The molecule has 0 saturated heterocycles. The summed E-state index contributed by atoms with van der Waals surface area (Å²) < 4.78 is 1.14. The van der Waals surface area contributed by atoms with Crippen molar-refractivity contribution >= 4 is 28.2 Å². The predicted octanol–water partition coefficient (Wildman–Crippen LogP) is 1.73. The molecular weight excluding hydrogens is 326 g/mol. The molecule has 0 aliphatic rings. The Balaban J connectivity index is 1.65. The van der Waals surface area contributed by atoms with Gasteiger partial charge in [-0.1, -0.05) is 17.3 Å². The van der Waals surface area contributed by atoms with Crippen LogP contribution in [0, 0.1) is 10.1 Å². The highest BCUT2D eigenvalue weighted by Crippen LogP contribution is 2.15. The number of fused-ring (bicyclic) bond motifs is 1. The first kappa shape index (κ1) is 16.2. The van der Waals surface area contributed by atoms with Crippen LogP contribution in [-0.4, -0.2) is 25.8 Å². The molecule has 25 heavy (non-hydrogen) atoms. The highest BCUT2D eigenvalue weighted by Gasteiger charge is 2.09. The fourth-order valence-corrected chi connectivity index (χ4v) is 2.27. The average molecular weight is 339 g/mol. The Kier molecular flexibility index (Phi) is 4.46. The smallest absolute Gasteiger partial charge is 0.277 e. The van der Waals surface area contributed by atoms with Crippen molar-refractivity contribution in [1.29, 1.82) is 0 Å². The Morgan fingerprint density at radius 2 is 1.88 bits per heavy atom. The zero-order valence-corrected chi connectivity index (χ0v) is 13.0. The molecule has 1 aromatic heterocycles. The van der Waals surface area contributed by atoms with Crippen molar-refractivity contribution in [1.82, 2.24) is 15.0 Å². The predicted molar refractivity (Wildman–Crippen MR) is 90.1 cm³/mol. The summed E-state index contributed by atoms with van der Waals surface area (Å²) in [5, 5.41) is 21.4. The normalized spacial score (nSPS) is 10.6. The lowest BCUT2D eigenvalue weighted by Gasteiger charge is -2.06. The standard InChI is InChI=1S/C16H13N5O4/c22-15(17-11-5-7-12(8-6-11)21(24)25)9-10-20-16(23)13-3-1-2-4-14(13)18-19-20/h1-8H,9-10H2,(H,17,22). The van der Waals surface area contributed by atoms with Crippen molar-refractivity contribution in [3.63, 3.8) is 0 Å². The first-order valence-electron chi connectivity index (χ1n) is 7.41. The molecule has 0 bridgehead atoms. The van der Waals surface area contributed by atoms with Gasteiger partial charge in [-0.2, -0.15) is 0 Å². The maximum atomic E-state index is 12.3. The number of non-ortho nitro benzene ring substituents is 1. The van der Waals surface area contributed by atoms with Crippen LogP contribution in [0.1, 0.15) is 6.42 Å². The number of rotatable bonds is 5. The highest BCUT2D eigenvalue weighted by molar-refractivity contribution is 5.90. The number of anilines is 1. The van der Waals surface area contributed by atoms with Crippen LogP contribution in [0.2, 0.25) is 0 Å². The fraction of sp³-hybridized carbons (Fsp3) is 0.125. The summed E-state index contributed by atoms with van der Waals surface area (Å²) in [5.41, 5.74) is 0.566. The molecule has 0 atom stereocenters. The van der Waals surface area contributed by atoms with Crippen LogP contribution < -0.4 is 10.9 Å². The number of nitrogens with zero attached hydrogens (tertiary/aromatic N) is 4. The number of aryl methyl sites for hydroxylation is 1. The molecule has 3 aromatic rings. The molecule has 0 aliphatic heterocycles. The molecule has 1 amide bonds. The number of benzene rings is 2. The topological polar surface area (TPSA) is 120 Å². The van der Waals surface area contributed by atoms with Crippen LogP contribution in [-0.2, 0) is 11.3 Å². The van der Waals surface area contributed by atoms with Crippen molar-refractivity contribution in [3.8, 4) is 0 Å². The van der Waals surface area contributed by atoms with Crippen LogP contribution in [0.3, 0.4) is 0 Å². The Bertz CT molecular complexity index is 997. The molecule has 3 rings (SSSR count). The van der Waals surface area contributed by atoms with Gasteiger partial charge < -0.3 is 5.32 Å². The van der Waals surface area contributed by atoms with E-state index in [1.807, 2.05) is 0 Å². The Hall–Kier alpha value is -3.62. The molecule has 9 nitrogen and oxygen atoms in total. The monoisotopic (exact) mass is 339 g/mol. The summed E-state index contributed by atoms with van der Waals surface area (Å²) in [6.07, 6.45) is 0.0178. The molecule has 0 saturated carbocycles. The lowest BCUT2D eigenvalue weighted by atomic mass is 10.2. The van der Waals surface area contributed by atoms with E-state index in [9.17, 15) is 19.7 Å². The van der Waals surface area contributed by atoms with E-state index in [2.05, 4.69) is 15.6 Å². The van der Waals surface area contributed by atoms with Crippen molar-refractivity contribution in [2.75, 3.05) is 5.32 Å². The minimum absolute atomic E-state index is 0.0178. The second kappa shape index (κ2) is 6.87. The van der Waals surface area contributed by atoms with Gasteiger partial charge in [-0.15, -0.1) is 5.10 Å². The van der Waals surface area contributed by atoms with E-state index in [-0.39, 0.29) is 30.1 Å². The van der Waals surface area contributed by atoms with E-state index in [0.717, 1.165) is 4.68 Å². The second-order valence-electron chi connectivity index (χ2n) is 5.24. The summed E-state index contributed by atoms with van der Waals surface area (Å²) in [5.74, 6) is -0.337. The molecular formula is C16H13N5O4. The zero-order valence-electron chi connectivity index (χ0n) is 13.0. The van der Waals surface area contributed by atoms with Gasteiger partial charge in [0.2, 0.25) is 5.91 Å². The second-order valence-corrected chi connectivity index (χ2v) is 5.24. The van der Waals surface area contributed by atoms with Gasteiger partial charge in [0, 0.05) is 24.2 Å². The van der Waals surface area contributed by atoms with Crippen LogP contribution >= 0.6 is 0 Å². The molecule has 0 aliphatic carbocycles. The molecule has 1 N–H and O–H groups in total. The van der Waals surface area contributed by atoms with Gasteiger partial charge in [-0.3, -0.25) is 19.7 Å². The lowest BCUT2D eigenvalue weighted by molar-refractivity contribution is -0.384. The number of aromatic nitrogens is 3. The molecule has 0 fully saturated rings. The number of nitrogens with one attached hydrogen (secondary N) is 1. The molecule has 0 radical (unpaired) electrons. The number of hydrogen-bond acceptors (Lipinski definition) is 6. The third kappa shape index (κ3) is 3.66. The number of amides is 1. The fourth-order valence-electron chi connectivity index (χ4n) is 2.27. The van der Waals surface area contributed by atoms with Crippen LogP contribution in [0.5, 0.6) is 0 Å². The van der Waals surface area contributed by atoms with E-state index in [1.54, 1.807) is 24.3 Å². The van der Waals surface area contributed by atoms with Crippen molar-refractivity contribution in [3.05, 3.63) is 69.0 Å². The summed E-state index contributed by atoms with van der Waals surface area (Å²) >= 11 is 0.